The number of ether oxygens (including phenoxy) is 2. The maximum atomic E-state index is 12.6. The van der Waals surface area contributed by atoms with E-state index in [2.05, 4.69) is 0 Å². The molecule has 0 aromatic heterocycles. The van der Waals surface area contributed by atoms with Crippen molar-refractivity contribution >= 4 is 11.9 Å². The summed E-state index contributed by atoms with van der Waals surface area (Å²) in [7, 11) is 0. The minimum atomic E-state index is -0.946. The van der Waals surface area contributed by atoms with E-state index in [9.17, 15) is 14.7 Å². The Morgan fingerprint density at radius 1 is 1.55 bits per heavy atom. The molecule has 0 aromatic rings. The van der Waals surface area contributed by atoms with Crippen LogP contribution in [-0.2, 0) is 19.1 Å². The van der Waals surface area contributed by atoms with Gasteiger partial charge in [0.2, 0.25) is 5.91 Å². The smallest absolute Gasteiger partial charge is 0.310 e. The fourth-order valence-electron chi connectivity index (χ4n) is 4.05. The highest BCUT2D eigenvalue weighted by atomic mass is 16.5. The minimum Gasteiger partial charge on any atom is -0.481 e. The van der Waals surface area contributed by atoms with Gasteiger partial charge in [-0.3, -0.25) is 9.59 Å². The SMILES string of the molecule is O=C(O)[C@H]1[C@H]2C=C[C@@]3(CN(C[C@H]4CCCO4)C(=O)[C@@H]13)O2. The van der Waals surface area contributed by atoms with Gasteiger partial charge in [-0.2, -0.15) is 0 Å². The number of nitrogens with zero attached hydrogens (tertiary/aromatic N) is 1. The molecule has 1 N–H and O–H groups in total. The first kappa shape index (κ1) is 12.3. The number of hydrogen-bond donors (Lipinski definition) is 1. The second-order valence-electron chi connectivity index (χ2n) is 6.09. The van der Waals surface area contributed by atoms with E-state index in [1.165, 1.54) is 0 Å². The maximum absolute atomic E-state index is 12.6. The number of carboxylic acid groups (broad SMARTS) is 1. The van der Waals surface area contributed by atoms with Gasteiger partial charge in [0, 0.05) is 13.2 Å². The molecule has 6 heteroatoms. The van der Waals surface area contributed by atoms with E-state index in [0.717, 1.165) is 19.4 Å². The van der Waals surface area contributed by atoms with E-state index < -0.39 is 29.5 Å². The van der Waals surface area contributed by atoms with Crippen molar-refractivity contribution in [2.45, 2.75) is 30.7 Å². The number of amides is 1. The van der Waals surface area contributed by atoms with Crippen molar-refractivity contribution in [2.24, 2.45) is 11.8 Å². The van der Waals surface area contributed by atoms with Gasteiger partial charge in [0.25, 0.3) is 0 Å². The van der Waals surface area contributed by atoms with E-state index >= 15 is 0 Å². The molecule has 0 aromatic carbocycles. The predicted octanol–water partition coefficient (Wildman–Crippen LogP) is 0.0320. The van der Waals surface area contributed by atoms with Crippen LogP contribution in [0.2, 0.25) is 0 Å². The van der Waals surface area contributed by atoms with Crippen molar-refractivity contribution in [3.8, 4) is 0 Å². The van der Waals surface area contributed by atoms with Crippen LogP contribution >= 0.6 is 0 Å². The lowest BCUT2D eigenvalue weighted by Gasteiger charge is -2.23. The van der Waals surface area contributed by atoms with Crippen LogP contribution in [0, 0.1) is 11.8 Å². The molecule has 6 nitrogen and oxygen atoms in total. The van der Waals surface area contributed by atoms with Gasteiger partial charge in [0.05, 0.1) is 24.7 Å². The van der Waals surface area contributed by atoms with Crippen LogP contribution in [0.4, 0.5) is 0 Å². The summed E-state index contributed by atoms with van der Waals surface area (Å²) in [5.74, 6) is -2.36. The van der Waals surface area contributed by atoms with Crippen molar-refractivity contribution in [2.75, 3.05) is 19.7 Å². The molecular weight excluding hydrogens is 262 g/mol. The summed E-state index contributed by atoms with van der Waals surface area (Å²) in [6.45, 7) is 1.75. The van der Waals surface area contributed by atoms with Crippen LogP contribution < -0.4 is 0 Å². The van der Waals surface area contributed by atoms with Gasteiger partial charge < -0.3 is 19.5 Å². The van der Waals surface area contributed by atoms with Crippen LogP contribution in [0.5, 0.6) is 0 Å². The first-order valence-electron chi connectivity index (χ1n) is 7.11. The number of fused-ring (bicyclic) bond motifs is 1. The number of likely N-dealkylation sites (tertiary alicyclic amines) is 1. The first-order valence-corrected chi connectivity index (χ1v) is 7.11. The van der Waals surface area contributed by atoms with Gasteiger partial charge in [-0.1, -0.05) is 12.2 Å². The average molecular weight is 279 g/mol. The Labute approximate surface area is 116 Å². The lowest BCUT2D eigenvalue weighted by molar-refractivity contribution is -0.148. The quantitative estimate of drug-likeness (QED) is 0.738. The first-order chi connectivity index (χ1) is 9.61. The number of carboxylic acids is 1. The fraction of sp³-hybridized carbons (Fsp3) is 0.714. The monoisotopic (exact) mass is 279 g/mol. The number of rotatable bonds is 3. The molecule has 4 aliphatic heterocycles. The van der Waals surface area contributed by atoms with Crippen LogP contribution in [0.25, 0.3) is 0 Å². The van der Waals surface area contributed by atoms with Gasteiger partial charge in [-0.25, -0.2) is 0 Å². The lowest BCUT2D eigenvalue weighted by Crippen LogP contribution is -2.39. The minimum absolute atomic E-state index is 0.0821. The zero-order valence-corrected chi connectivity index (χ0v) is 11.0. The summed E-state index contributed by atoms with van der Waals surface area (Å²) in [5, 5.41) is 9.36. The van der Waals surface area contributed by atoms with Gasteiger partial charge >= 0.3 is 5.97 Å². The molecule has 0 saturated carbocycles. The number of carbonyl (C=O) groups is 2. The van der Waals surface area contributed by atoms with Crippen LogP contribution in [-0.4, -0.2) is 59.4 Å². The number of carbonyl (C=O) groups excluding carboxylic acids is 1. The van der Waals surface area contributed by atoms with Crippen molar-refractivity contribution in [1.29, 1.82) is 0 Å². The normalized spacial score (nSPS) is 45.4. The Bertz CT molecular complexity index is 498. The molecule has 5 atom stereocenters. The highest BCUT2D eigenvalue weighted by molar-refractivity contribution is 5.90. The third-order valence-electron chi connectivity index (χ3n) is 4.91. The molecule has 2 bridgehead atoms. The fourth-order valence-corrected chi connectivity index (χ4v) is 4.05. The number of hydrogen-bond acceptors (Lipinski definition) is 4. The topological polar surface area (TPSA) is 76.1 Å². The van der Waals surface area contributed by atoms with Crippen molar-refractivity contribution in [1.82, 2.24) is 4.90 Å². The molecular formula is C14H17NO5. The van der Waals surface area contributed by atoms with Gasteiger partial charge in [-0.05, 0) is 12.8 Å². The van der Waals surface area contributed by atoms with Gasteiger partial charge in [-0.15, -0.1) is 0 Å². The highest BCUT2D eigenvalue weighted by Crippen LogP contribution is 2.51. The zero-order chi connectivity index (χ0) is 13.9. The van der Waals surface area contributed by atoms with E-state index in [0.29, 0.717) is 13.1 Å². The van der Waals surface area contributed by atoms with Crippen LogP contribution in [0.15, 0.2) is 12.2 Å². The molecule has 3 fully saturated rings. The van der Waals surface area contributed by atoms with E-state index in [4.69, 9.17) is 9.47 Å². The van der Waals surface area contributed by atoms with E-state index in [1.54, 1.807) is 11.0 Å². The third kappa shape index (κ3) is 1.52. The molecule has 1 amide bonds. The maximum Gasteiger partial charge on any atom is 0.310 e. The molecule has 0 radical (unpaired) electrons. The second-order valence-corrected chi connectivity index (χ2v) is 6.09. The molecule has 0 unspecified atom stereocenters. The summed E-state index contributed by atoms with van der Waals surface area (Å²) < 4.78 is 11.4. The Morgan fingerprint density at radius 3 is 3.10 bits per heavy atom. The molecule has 0 aliphatic carbocycles. The summed E-state index contributed by atoms with van der Waals surface area (Å²) in [4.78, 5) is 25.7. The largest absolute Gasteiger partial charge is 0.481 e. The van der Waals surface area contributed by atoms with E-state index in [1.807, 2.05) is 6.08 Å². The Kier molecular flexibility index (Phi) is 2.50. The average Bonchev–Trinajstić information content (AvgIpc) is 3.12. The second kappa shape index (κ2) is 4.05. The molecule has 108 valence electrons. The number of aliphatic carboxylic acids is 1. The molecule has 4 aliphatic rings. The van der Waals surface area contributed by atoms with Crippen LogP contribution in [0.1, 0.15) is 12.8 Å². The predicted molar refractivity (Wildman–Crippen MR) is 66.9 cm³/mol. The molecule has 4 rings (SSSR count). The molecule has 1 spiro atoms. The molecule has 20 heavy (non-hydrogen) atoms. The van der Waals surface area contributed by atoms with Gasteiger partial charge in [0.1, 0.15) is 11.5 Å². The molecule has 4 heterocycles. The summed E-state index contributed by atoms with van der Waals surface area (Å²) in [5.41, 5.74) is -0.719. The summed E-state index contributed by atoms with van der Waals surface area (Å²) >= 11 is 0. The van der Waals surface area contributed by atoms with Crippen molar-refractivity contribution in [3.63, 3.8) is 0 Å². The zero-order valence-electron chi connectivity index (χ0n) is 11.0. The summed E-state index contributed by atoms with van der Waals surface area (Å²) in [6, 6.07) is 0. The highest BCUT2D eigenvalue weighted by Gasteiger charge is 2.67. The van der Waals surface area contributed by atoms with Crippen molar-refractivity contribution < 1.29 is 24.2 Å². The van der Waals surface area contributed by atoms with Crippen LogP contribution in [0.3, 0.4) is 0 Å². The van der Waals surface area contributed by atoms with E-state index in [-0.39, 0.29) is 12.0 Å². The third-order valence-corrected chi connectivity index (χ3v) is 4.91. The summed E-state index contributed by atoms with van der Waals surface area (Å²) in [6.07, 6.45) is 5.29. The standard InChI is InChI=1S/C14H17NO5/c16-12-11-10(13(17)18)9-3-4-14(11,20-9)7-15(12)6-8-2-1-5-19-8/h3-4,8-11H,1-2,5-7H2,(H,17,18)/t8-,9-,10+,11-,14+/m1/s1. The van der Waals surface area contributed by atoms with Crippen molar-refractivity contribution in [3.05, 3.63) is 12.2 Å². The Morgan fingerprint density at radius 2 is 2.40 bits per heavy atom. The van der Waals surface area contributed by atoms with Gasteiger partial charge in [0.15, 0.2) is 0 Å². The Hall–Kier alpha value is -1.40. The lowest BCUT2D eigenvalue weighted by atomic mass is 9.77. The molecule has 3 saturated heterocycles. The Balaban J connectivity index is 1.58.